The summed E-state index contributed by atoms with van der Waals surface area (Å²) in [6.45, 7) is 0.377. The normalized spacial score (nSPS) is 10.2. The standard InChI is InChI=1S/C38H26Cl2N2O9.C6H6O/c1-2-49-25-10-12-27(29(20-25)37(45)46)35(43)41-33-14-8-22(18-31(33)39)23-9-15-34(32(40)19-23)42-36(44)28-13-11-26(21-30(28)38(47)48)51-17-16-50-24-6-4-3-5-7-24;7-6-4-2-1-3-5-6/h1,3-15,18-21H,16-17H2,(H,41,43)(H,42,44)(H,45,46)(H,47,48);1-5,7H. The van der Waals surface area contributed by atoms with Gasteiger partial charge in [0.05, 0.1) is 43.7 Å². The molecule has 0 saturated carbocycles. The number of hydrogen-bond acceptors (Lipinski definition) is 8. The van der Waals surface area contributed by atoms with Crippen molar-refractivity contribution >= 4 is 58.3 Å². The molecule has 0 aliphatic heterocycles. The number of anilines is 2. The van der Waals surface area contributed by atoms with Crippen LogP contribution in [0.5, 0.6) is 23.0 Å². The number of benzene rings is 6. The van der Waals surface area contributed by atoms with Crippen LogP contribution in [0.4, 0.5) is 11.4 Å². The highest BCUT2D eigenvalue weighted by molar-refractivity contribution is 6.35. The Morgan fingerprint density at radius 3 is 1.43 bits per heavy atom. The van der Waals surface area contributed by atoms with Crippen molar-refractivity contribution in [1.82, 2.24) is 0 Å². The largest absolute Gasteiger partial charge is 0.508 e. The van der Waals surface area contributed by atoms with Gasteiger partial charge in [0.15, 0.2) is 0 Å². The van der Waals surface area contributed by atoms with E-state index in [-0.39, 0.29) is 68.4 Å². The van der Waals surface area contributed by atoms with E-state index in [2.05, 4.69) is 10.6 Å². The quantitative estimate of drug-likeness (QED) is 0.0557. The van der Waals surface area contributed by atoms with Gasteiger partial charge >= 0.3 is 11.9 Å². The van der Waals surface area contributed by atoms with Crippen LogP contribution in [0.3, 0.4) is 0 Å². The number of amides is 2. The molecule has 0 unspecified atom stereocenters. The van der Waals surface area contributed by atoms with E-state index in [0.29, 0.717) is 22.6 Å². The molecule has 0 saturated heterocycles. The van der Waals surface area contributed by atoms with Gasteiger partial charge in [-0.3, -0.25) is 9.59 Å². The number of phenolic OH excluding ortho intramolecular Hbond substituents is 1. The Labute approximate surface area is 342 Å². The monoisotopic (exact) mass is 818 g/mol. The molecular formula is C44H32Cl2N2O10. The molecule has 0 fully saturated rings. The van der Waals surface area contributed by atoms with Crippen molar-refractivity contribution in [3.63, 3.8) is 0 Å². The molecule has 2 amide bonds. The van der Waals surface area contributed by atoms with Gasteiger partial charge in [-0.15, -0.1) is 0 Å². The highest BCUT2D eigenvalue weighted by Crippen LogP contribution is 2.34. The molecule has 6 rings (SSSR count). The zero-order valence-electron chi connectivity index (χ0n) is 30.1. The summed E-state index contributed by atoms with van der Waals surface area (Å²) in [6, 6.07) is 35.3. The van der Waals surface area contributed by atoms with Crippen LogP contribution < -0.4 is 24.8 Å². The highest BCUT2D eigenvalue weighted by Gasteiger charge is 2.21. The first-order valence-corrected chi connectivity index (χ1v) is 17.8. The van der Waals surface area contributed by atoms with Gasteiger partial charge < -0.3 is 40.2 Å². The van der Waals surface area contributed by atoms with Crippen molar-refractivity contribution in [2.24, 2.45) is 0 Å². The van der Waals surface area contributed by atoms with Crippen LogP contribution in [-0.2, 0) is 0 Å². The van der Waals surface area contributed by atoms with E-state index >= 15 is 0 Å². The molecular weight excluding hydrogens is 787 g/mol. The van der Waals surface area contributed by atoms with Crippen LogP contribution in [0.2, 0.25) is 10.0 Å². The fourth-order valence-electron chi connectivity index (χ4n) is 5.25. The second-order valence-corrected chi connectivity index (χ2v) is 12.7. The number of carbonyl (C=O) groups excluding carboxylic acids is 2. The first-order chi connectivity index (χ1) is 27.9. The summed E-state index contributed by atoms with van der Waals surface area (Å²) in [7, 11) is 0. The lowest BCUT2D eigenvalue weighted by Gasteiger charge is -2.13. The van der Waals surface area contributed by atoms with Crippen LogP contribution in [-0.4, -0.2) is 52.3 Å². The SMILES string of the molecule is C#COc1ccc(C(=O)Nc2ccc(-c3ccc(NC(=O)c4ccc(OCCOc5ccccc5)cc4C(=O)O)c(Cl)c3)cc2Cl)c(C(=O)O)c1.Oc1ccccc1. The van der Waals surface area contributed by atoms with Crippen molar-refractivity contribution in [2.75, 3.05) is 23.8 Å². The number of phenols is 1. The predicted molar refractivity (Wildman–Crippen MR) is 220 cm³/mol. The summed E-state index contributed by atoms with van der Waals surface area (Å²) >= 11 is 13.0. The number of aromatic hydroxyl groups is 1. The molecule has 58 heavy (non-hydrogen) atoms. The van der Waals surface area contributed by atoms with Crippen LogP contribution in [0.25, 0.3) is 11.1 Å². The molecule has 0 spiro atoms. The number of carboxylic acid groups (broad SMARTS) is 2. The topological polar surface area (TPSA) is 181 Å². The summed E-state index contributed by atoms with van der Waals surface area (Å²) < 4.78 is 16.1. The Kier molecular flexibility index (Phi) is 14.3. The molecule has 0 radical (unpaired) electrons. The minimum absolute atomic E-state index is 0.0873. The van der Waals surface area contributed by atoms with Gasteiger partial charge in [0, 0.05) is 0 Å². The third kappa shape index (κ3) is 11.3. The highest BCUT2D eigenvalue weighted by atomic mass is 35.5. The number of nitrogens with one attached hydrogen (secondary N) is 2. The van der Waals surface area contributed by atoms with Gasteiger partial charge in [0.2, 0.25) is 0 Å². The molecule has 0 aliphatic carbocycles. The molecule has 0 atom stereocenters. The van der Waals surface area contributed by atoms with E-state index in [1.165, 1.54) is 36.4 Å². The molecule has 14 heteroatoms. The van der Waals surface area contributed by atoms with E-state index in [1.807, 2.05) is 30.4 Å². The zero-order valence-corrected chi connectivity index (χ0v) is 31.7. The van der Waals surface area contributed by atoms with E-state index in [9.17, 15) is 29.4 Å². The number of ether oxygens (including phenoxy) is 3. The van der Waals surface area contributed by atoms with Crippen molar-refractivity contribution in [3.8, 4) is 46.7 Å². The summed E-state index contributed by atoms with van der Waals surface area (Å²) in [6.07, 6.45) is 7.04. The number of para-hydroxylation sites is 2. The van der Waals surface area contributed by atoms with Crippen molar-refractivity contribution in [2.45, 2.75) is 0 Å². The smallest absolute Gasteiger partial charge is 0.336 e. The van der Waals surface area contributed by atoms with Crippen LogP contribution >= 0.6 is 23.2 Å². The number of carboxylic acids is 2. The third-order valence-corrected chi connectivity index (χ3v) is 8.62. The number of terminal acetylenes is 1. The Bertz CT molecular complexity index is 2490. The molecule has 5 N–H and O–H groups in total. The van der Waals surface area contributed by atoms with Crippen molar-refractivity contribution in [1.29, 1.82) is 0 Å². The number of aromatic carboxylic acids is 2. The lowest BCUT2D eigenvalue weighted by atomic mass is 10.0. The van der Waals surface area contributed by atoms with Crippen LogP contribution in [0.15, 0.2) is 133 Å². The number of halogens is 2. The molecule has 0 aromatic heterocycles. The lowest BCUT2D eigenvalue weighted by molar-refractivity contribution is 0.0683. The second-order valence-electron chi connectivity index (χ2n) is 11.9. The van der Waals surface area contributed by atoms with Gasteiger partial charge in [-0.1, -0.05) is 78.2 Å². The summed E-state index contributed by atoms with van der Waals surface area (Å²) in [5.74, 6) is -2.77. The average molecular weight is 820 g/mol. The number of rotatable bonds is 13. The second kappa shape index (κ2) is 19.9. The van der Waals surface area contributed by atoms with Crippen LogP contribution in [0, 0.1) is 12.5 Å². The zero-order chi connectivity index (χ0) is 41.6. The molecule has 6 aromatic rings. The van der Waals surface area contributed by atoms with Gasteiger partial charge in [-0.2, -0.15) is 0 Å². The maximum atomic E-state index is 13.2. The van der Waals surface area contributed by atoms with E-state index in [0.717, 1.165) is 6.07 Å². The molecule has 0 bridgehead atoms. The van der Waals surface area contributed by atoms with Gasteiger partial charge in [-0.25, -0.2) is 9.59 Å². The Hall–Kier alpha value is -7.46. The molecule has 292 valence electrons. The van der Waals surface area contributed by atoms with E-state index < -0.39 is 23.8 Å². The van der Waals surface area contributed by atoms with E-state index in [4.69, 9.17) is 48.9 Å². The Morgan fingerprint density at radius 1 is 0.552 bits per heavy atom. The maximum Gasteiger partial charge on any atom is 0.336 e. The van der Waals surface area contributed by atoms with Gasteiger partial charge in [0.25, 0.3) is 11.8 Å². The molecule has 0 heterocycles. The van der Waals surface area contributed by atoms with Crippen molar-refractivity contribution < 1.29 is 48.7 Å². The maximum absolute atomic E-state index is 13.2. The Morgan fingerprint density at radius 2 is 1.00 bits per heavy atom. The van der Waals surface area contributed by atoms with Gasteiger partial charge in [-0.05, 0) is 96.1 Å². The molecule has 12 nitrogen and oxygen atoms in total. The Balaban J connectivity index is 0.000000826. The van der Waals surface area contributed by atoms with Crippen LogP contribution in [0.1, 0.15) is 41.4 Å². The number of hydrogen-bond donors (Lipinski definition) is 5. The molecule has 6 aromatic carbocycles. The first kappa shape index (κ1) is 41.7. The summed E-state index contributed by atoms with van der Waals surface area (Å²) in [4.78, 5) is 49.9. The fourth-order valence-corrected chi connectivity index (χ4v) is 5.71. The van der Waals surface area contributed by atoms with Gasteiger partial charge in [0.1, 0.15) is 42.3 Å². The minimum Gasteiger partial charge on any atom is -0.508 e. The lowest BCUT2D eigenvalue weighted by Crippen LogP contribution is -2.17. The average Bonchev–Trinajstić information content (AvgIpc) is 3.22. The van der Waals surface area contributed by atoms with Crippen molar-refractivity contribution in [3.05, 3.63) is 166 Å². The van der Waals surface area contributed by atoms with E-state index in [1.54, 1.807) is 66.7 Å². The number of carbonyl (C=O) groups is 4. The fraction of sp³-hybridized carbons (Fsp3) is 0.0455. The predicted octanol–water partition coefficient (Wildman–Crippen LogP) is 9.38. The summed E-state index contributed by atoms with van der Waals surface area (Å²) in [5.41, 5.74) is 0.832. The molecule has 0 aliphatic rings. The summed E-state index contributed by atoms with van der Waals surface area (Å²) in [5, 5.41) is 33.5. The minimum atomic E-state index is -1.35. The third-order valence-electron chi connectivity index (χ3n) is 8.00. The first-order valence-electron chi connectivity index (χ1n) is 17.1.